The number of aromatic amines is 1. The zero-order chi connectivity index (χ0) is 22.4. The Morgan fingerprint density at radius 3 is 2.44 bits per heavy atom. The molecule has 2 aliphatic rings. The van der Waals surface area contributed by atoms with Gasteiger partial charge in [-0.05, 0) is 61.2 Å². The molecule has 0 aliphatic carbocycles. The van der Waals surface area contributed by atoms with Gasteiger partial charge in [0.2, 0.25) is 0 Å². The summed E-state index contributed by atoms with van der Waals surface area (Å²) in [5, 5.41) is 16.7. The standard InChI is InChI=1S/C26H26N4O2/c1-15-8-16(2)23(9-22(15)25-17(3)24(28-29-25)21-13-32-14-21)26(31)30-11-20(12-30)19-6-4-18(10-27)5-7-19/h4-9,20-21H,11-14H2,1-3H3,(H,28,29). The molecule has 5 rings (SSSR count). The van der Waals surface area contributed by atoms with E-state index in [4.69, 9.17) is 10.00 Å². The maximum atomic E-state index is 13.3. The number of nitriles is 1. The topological polar surface area (TPSA) is 82.0 Å². The molecule has 2 aromatic carbocycles. The number of ether oxygens (including phenoxy) is 1. The lowest BCUT2D eigenvalue weighted by atomic mass is 9.89. The summed E-state index contributed by atoms with van der Waals surface area (Å²) in [5.74, 6) is 0.740. The van der Waals surface area contributed by atoms with Gasteiger partial charge in [-0.15, -0.1) is 0 Å². The lowest BCUT2D eigenvalue weighted by Crippen LogP contribution is -2.48. The number of amides is 1. The molecular weight excluding hydrogens is 400 g/mol. The molecule has 6 heteroatoms. The Morgan fingerprint density at radius 2 is 1.81 bits per heavy atom. The summed E-state index contributed by atoms with van der Waals surface area (Å²) in [5.41, 5.74) is 8.90. The van der Waals surface area contributed by atoms with E-state index in [2.05, 4.69) is 36.2 Å². The number of nitrogens with one attached hydrogen (secondary N) is 1. The highest BCUT2D eigenvalue weighted by Crippen LogP contribution is 2.35. The summed E-state index contributed by atoms with van der Waals surface area (Å²) in [4.78, 5) is 15.2. The number of H-pyrrole nitrogens is 1. The van der Waals surface area contributed by atoms with Crippen molar-refractivity contribution in [3.05, 3.63) is 75.5 Å². The highest BCUT2D eigenvalue weighted by atomic mass is 16.5. The number of likely N-dealkylation sites (tertiary alicyclic amines) is 1. The van der Waals surface area contributed by atoms with Gasteiger partial charge in [0.15, 0.2) is 0 Å². The number of benzene rings is 2. The number of carbonyl (C=O) groups excluding carboxylic acids is 1. The van der Waals surface area contributed by atoms with Crippen LogP contribution in [-0.2, 0) is 4.74 Å². The highest BCUT2D eigenvalue weighted by molar-refractivity contribution is 5.98. The zero-order valence-corrected chi connectivity index (χ0v) is 18.6. The Hall–Kier alpha value is -3.43. The van der Waals surface area contributed by atoms with E-state index < -0.39 is 0 Å². The van der Waals surface area contributed by atoms with Gasteiger partial charge in [0.1, 0.15) is 0 Å². The highest BCUT2D eigenvalue weighted by Gasteiger charge is 2.33. The summed E-state index contributed by atoms with van der Waals surface area (Å²) in [6.07, 6.45) is 0. The first kappa shape index (κ1) is 20.5. The second kappa shape index (κ2) is 7.92. The Labute approximate surface area is 187 Å². The van der Waals surface area contributed by atoms with Crippen molar-refractivity contribution in [1.29, 1.82) is 5.26 Å². The summed E-state index contributed by atoms with van der Waals surface area (Å²) in [6, 6.07) is 13.9. The number of aryl methyl sites for hydroxylation is 2. The maximum Gasteiger partial charge on any atom is 0.254 e. The van der Waals surface area contributed by atoms with E-state index in [-0.39, 0.29) is 5.91 Å². The van der Waals surface area contributed by atoms with Crippen LogP contribution in [0.2, 0.25) is 0 Å². The molecule has 0 unspecified atom stereocenters. The summed E-state index contributed by atoms with van der Waals surface area (Å²) >= 11 is 0. The van der Waals surface area contributed by atoms with Crippen LogP contribution < -0.4 is 0 Å². The minimum atomic E-state index is 0.0680. The van der Waals surface area contributed by atoms with E-state index in [0.717, 1.165) is 52.4 Å². The van der Waals surface area contributed by atoms with Gasteiger partial charge in [0.05, 0.1) is 42.2 Å². The molecule has 0 bridgehead atoms. The van der Waals surface area contributed by atoms with Gasteiger partial charge in [0, 0.05) is 30.1 Å². The van der Waals surface area contributed by atoms with Crippen LogP contribution in [0.25, 0.3) is 11.3 Å². The van der Waals surface area contributed by atoms with Crippen LogP contribution in [0.5, 0.6) is 0 Å². The molecule has 0 radical (unpaired) electrons. The average Bonchev–Trinajstić information content (AvgIpc) is 3.07. The fourth-order valence-electron chi connectivity index (χ4n) is 4.67. The third kappa shape index (κ3) is 3.39. The van der Waals surface area contributed by atoms with Crippen molar-refractivity contribution >= 4 is 5.91 Å². The first-order valence-corrected chi connectivity index (χ1v) is 11.0. The molecule has 2 saturated heterocycles. The van der Waals surface area contributed by atoms with Gasteiger partial charge < -0.3 is 9.64 Å². The third-order valence-electron chi connectivity index (χ3n) is 6.82. The molecule has 0 spiro atoms. The SMILES string of the molecule is Cc1cc(C)c(-c2[nH]nc(C3COC3)c2C)cc1C(=O)N1CC(c2ccc(C#N)cc2)C1. The molecule has 1 aromatic heterocycles. The molecule has 1 amide bonds. The molecule has 2 aliphatic heterocycles. The Morgan fingerprint density at radius 1 is 1.09 bits per heavy atom. The van der Waals surface area contributed by atoms with Crippen LogP contribution in [0.4, 0.5) is 0 Å². The first-order chi connectivity index (χ1) is 15.5. The van der Waals surface area contributed by atoms with Crippen LogP contribution in [0.3, 0.4) is 0 Å². The summed E-state index contributed by atoms with van der Waals surface area (Å²) in [6.45, 7) is 9.00. The van der Waals surface area contributed by atoms with E-state index >= 15 is 0 Å². The lowest BCUT2D eigenvalue weighted by molar-refractivity contribution is 0.00645. The number of hydrogen-bond acceptors (Lipinski definition) is 4. The molecule has 3 aromatic rings. The fourth-order valence-corrected chi connectivity index (χ4v) is 4.67. The van der Waals surface area contributed by atoms with Gasteiger partial charge in [-0.1, -0.05) is 18.2 Å². The van der Waals surface area contributed by atoms with Crippen molar-refractivity contribution in [2.24, 2.45) is 0 Å². The van der Waals surface area contributed by atoms with Crippen molar-refractivity contribution in [3.8, 4) is 17.3 Å². The number of rotatable bonds is 4. The van der Waals surface area contributed by atoms with E-state index in [9.17, 15) is 4.79 Å². The van der Waals surface area contributed by atoms with Crippen LogP contribution >= 0.6 is 0 Å². The van der Waals surface area contributed by atoms with Gasteiger partial charge in [-0.3, -0.25) is 9.89 Å². The number of nitrogens with zero attached hydrogens (tertiary/aromatic N) is 3. The van der Waals surface area contributed by atoms with Gasteiger partial charge in [0.25, 0.3) is 5.91 Å². The zero-order valence-electron chi connectivity index (χ0n) is 18.6. The minimum absolute atomic E-state index is 0.0680. The van der Waals surface area contributed by atoms with Crippen LogP contribution in [0.15, 0.2) is 36.4 Å². The van der Waals surface area contributed by atoms with Crippen molar-refractivity contribution in [1.82, 2.24) is 15.1 Å². The molecule has 32 heavy (non-hydrogen) atoms. The van der Waals surface area contributed by atoms with Crippen molar-refractivity contribution in [2.45, 2.75) is 32.6 Å². The molecule has 0 atom stereocenters. The molecule has 0 saturated carbocycles. The van der Waals surface area contributed by atoms with E-state index in [1.54, 1.807) is 0 Å². The predicted octanol–water partition coefficient (Wildman–Crippen LogP) is 4.23. The Bertz CT molecular complexity index is 1230. The van der Waals surface area contributed by atoms with Crippen molar-refractivity contribution in [2.75, 3.05) is 26.3 Å². The number of aromatic nitrogens is 2. The Kier molecular flexibility index (Phi) is 5.07. The van der Waals surface area contributed by atoms with E-state index in [1.807, 2.05) is 42.2 Å². The molecule has 6 nitrogen and oxygen atoms in total. The first-order valence-electron chi connectivity index (χ1n) is 11.0. The number of hydrogen-bond donors (Lipinski definition) is 1. The third-order valence-corrected chi connectivity index (χ3v) is 6.82. The van der Waals surface area contributed by atoms with Gasteiger partial charge >= 0.3 is 0 Å². The second-order valence-corrected chi connectivity index (χ2v) is 8.97. The monoisotopic (exact) mass is 426 g/mol. The van der Waals surface area contributed by atoms with Crippen molar-refractivity contribution < 1.29 is 9.53 Å². The molecule has 2 fully saturated rings. The predicted molar refractivity (Wildman–Crippen MR) is 122 cm³/mol. The van der Waals surface area contributed by atoms with Crippen LogP contribution in [0, 0.1) is 32.1 Å². The average molecular weight is 427 g/mol. The molecular formula is C26H26N4O2. The van der Waals surface area contributed by atoms with Crippen LogP contribution in [0.1, 0.15) is 55.7 Å². The largest absolute Gasteiger partial charge is 0.380 e. The smallest absolute Gasteiger partial charge is 0.254 e. The second-order valence-electron chi connectivity index (χ2n) is 8.97. The maximum absolute atomic E-state index is 13.3. The van der Waals surface area contributed by atoms with Crippen molar-refractivity contribution in [3.63, 3.8) is 0 Å². The number of carbonyl (C=O) groups is 1. The fraction of sp³-hybridized carbons (Fsp3) is 0.346. The van der Waals surface area contributed by atoms with Gasteiger partial charge in [-0.2, -0.15) is 10.4 Å². The molecule has 1 N–H and O–H groups in total. The van der Waals surface area contributed by atoms with Crippen LogP contribution in [-0.4, -0.2) is 47.3 Å². The summed E-state index contributed by atoms with van der Waals surface area (Å²) < 4.78 is 5.33. The normalized spacial score (nSPS) is 16.4. The van der Waals surface area contributed by atoms with Gasteiger partial charge in [-0.25, -0.2) is 0 Å². The molecule has 162 valence electrons. The van der Waals surface area contributed by atoms with E-state index in [0.29, 0.717) is 30.5 Å². The van der Waals surface area contributed by atoms with E-state index in [1.165, 1.54) is 5.56 Å². The quantitative estimate of drug-likeness (QED) is 0.677. The molecule has 3 heterocycles. The summed E-state index contributed by atoms with van der Waals surface area (Å²) in [7, 11) is 0. The lowest BCUT2D eigenvalue weighted by Gasteiger charge is -2.40. The Balaban J connectivity index is 1.37. The minimum Gasteiger partial charge on any atom is -0.380 e.